The maximum absolute atomic E-state index is 13.7. The molecule has 0 heterocycles. The zero-order chi connectivity index (χ0) is 14.6. The molecule has 2 N–H and O–H groups in total. The summed E-state index contributed by atoms with van der Waals surface area (Å²) < 4.78 is 18.8. The number of benzene rings is 1. The maximum atomic E-state index is 13.7. The van der Waals surface area contributed by atoms with Crippen LogP contribution in [0.1, 0.15) is 38.2 Å². The van der Waals surface area contributed by atoms with Gasteiger partial charge in [0, 0.05) is 6.54 Å². The number of carbonyl (C=O) groups excluding carboxylic acids is 1. The van der Waals surface area contributed by atoms with Crippen molar-refractivity contribution < 1.29 is 19.0 Å². The first-order valence-electron chi connectivity index (χ1n) is 6.97. The van der Waals surface area contributed by atoms with Crippen molar-refractivity contribution in [1.29, 1.82) is 0 Å². The second kappa shape index (κ2) is 6.22. The molecular formula is C15H20FNO3. The minimum absolute atomic E-state index is 0.199. The smallest absolute Gasteiger partial charge is 0.252 e. The van der Waals surface area contributed by atoms with Crippen LogP contribution < -0.4 is 10.1 Å². The van der Waals surface area contributed by atoms with E-state index in [9.17, 15) is 14.3 Å². The molecule has 1 saturated carbocycles. The zero-order valence-corrected chi connectivity index (χ0v) is 11.6. The van der Waals surface area contributed by atoms with Crippen LogP contribution in [0.5, 0.6) is 5.75 Å². The van der Waals surface area contributed by atoms with Gasteiger partial charge in [0.1, 0.15) is 5.60 Å². The van der Waals surface area contributed by atoms with Gasteiger partial charge >= 0.3 is 0 Å². The van der Waals surface area contributed by atoms with Gasteiger partial charge in [0.15, 0.2) is 11.6 Å². The van der Waals surface area contributed by atoms with Crippen LogP contribution in [0.4, 0.5) is 4.39 Å². The number of carbonyl (C=O) groups is 1. The molecule has 1 aromatic carbocycles. The fourth-order valence-electron chi connectivity index (χ4n) is 2.46. The van der Waals surface area contributed by atoms with Gasteiger partial charge in [-0.05, 0) is 50.3 Å². The summed E-state index contributed by atoms with van der Waals surface area (Å²) >= 11 is 0. The predicted octanol–water partition coefficient (Wildman–Crippen LogP) is 2.15. The normalized spacial score (nSPS) is 16.9. The molecular weight excluding hydrogens is 261 g/mol. The highest BCUT2D eigenvalue weighted by Gasteiger charge is 2.38. The van der Waals surface area contributed by atoms with E-state index in [1.165, 1.54) is 6.07 Å². The van der Waals surface area contributed by atoms with Crippen LogP contribution >= 0.6 is 0 Å². The van der Waals surface area contributed by atoms with Crippen molar-refractivity contribution in [3.8, 4) is 5.75 Å². The largest absolute Gasteiger partial charge is 0.491 e. The van der Waals surface area contributed by atoms with Crippen molar-refractivity contribution >= 4 is 5.91 Å². The monoisotopic (exact) mass is 281 g/mol. The van der Waals surface area contributed by atoms with E-state index in [0.29, 0.717) is 25.0 Å². The number of amides is 1. The van der Waals surface area contributed by atoms with Crippen molar-refractivity contribution in [3.05, 3.63) is 29.6 Å². The van der Waals surface area contributed by atoms with E-state index >= 15 is 0 Å². The van der Waals surface area contributed by atoms with Gasteiger partial charge in [0.2, 0.25) is 0 Å². The number of hydrogen-bond donors (Lipinski definition) is 2. The molecule has 2 rings (SSSR count). The second-order valence-corrected chi connectivity index (χ2v) is 5.12. The quantitative estimate of drug-likeness (QED) is 0.869. The van der Waals surface area contributed by atoms with E-state index in [4.69, 9.17) is 4.74 Å². The highest BCUT2D eigenvalue weighted by molar-refractivity contribution is 5.85. The first-order chi connectivity index (χ1) is 9.55. The lowest BCUT2D eigenvalue weighted by molar-refractivity contribution is -0.139. The minimum atomic E-state index is -1.25. The molecule has 1 aromatic rings. The molecule has 0 aromatic heterocycles. The number of aliphatic hydroxyl groups is 1. The van der Waals surface area contributed by atoms with Crippen molar-refractivity contribution in [2.24, 2.45) is 0 Å². The average Bonchev–Trinajstić information content (AvgIpc) is 2.87. The third-order valence-corrected chi connectivity index (χ3v) is 3.60. The highest BCUT2D eigenvalue weighted by atomic mass is 19.1. The number of rotatable bonds is 5. The van der Waals surface area contributed by atoms with Gasteiger partial charge in [-0.2, -0.15) is 0 Å². The summed E-state index contributed by atoms with van der Waals surface area (Å²) in [5.41, 5.74) is -0.607. The molecule has 0 radical (unpaired) electrons. The van der Waals surface area contributed by atoms with Crippen molar-refractivity contribution in [3.63, 3.8) is 0 Å². The third-order valence-electron chi connectivity index (χ3n) is 3.60. The van der Waals surface area contributed by atoms with Crippen LogP contribution in [-0.2, 0) is 11.3 Å². The fourth-order valence-corrected chi connectivity index (χ4v) is 2.46. The van der Waals surface area contributed by atoms with Crippen LogP contribution in [0.15, 0.2) is 18.2 Å². The first kappa shape index (κ1) is 14.8. The Bertz CT molecular complexity index is 484. The molecule has 0 spiro atoms. The summed E-state index contributed by atoms with van der Waals surface area (Å²) in [6.07, 6.45) is 2.72. The van der Waals surface area contributed by atoms with E-state index in [1.54, 1.807) is 19.1 Å². The van der Waals surface area contributed by atoms with Gasteiger partial charge in [-0.3, -0.25) is 4.79 Å². The molecule has 0 unspecified atom stereocenters. The van der Waals surface area contributed by atoms with Gasteiger partial charge in [0.25, 0.3) is 5.91 Å². The molecule has 5 heteroatoms. The average molecular weight is 281 g/mol. The van der Waals surface area contributed by atoms with Crippen LogP contribution in [0.2, 0.25) is 0 Å². The summed E-state index contributed by atoms with van der Waals surface area (Å²) in [6.45, 7) is 2.39. The van der Waals surface area contributed by atoms with Crippen molar-refractivity contribution in [1.82, 2.24) is 5.32 Å². The standard InChI is InChI=1S/C15H20FNO3/c1-2-20-13-6-5-11(9-12(13)16)10-17-14(18)15(19)7-3-4-8-15/h5-6,9,19H,2-4,7-8,10H2,1H3,(H,17,18). The van der Waals surface area contributed by atoms with Crippen molar-refractivity contribution in [2.45, 2.75) is 44.8 Å². The van der Waals surface area contributed by atoms with Crippen LogP contribution in [0.25, 0.3) is 0 Å². The molecule has 110 valence electrons. The molecule has 1 aliphatic rings. The molecule has 0 saturated heterocycles. The van der Waals surface area contributed by atoms with Crippen LogP contribution in [0.3, 0.4) is 0 Å². The maximum Gasteiger partial charge on any atom is 0.252 e. The SMILES string of the molecule is CCOc1ccc(CNC(=O)C2(O)CCCC2)cc1F. The Labute approximate surface area is 117 Å². The predicted molar refractivity (Wildman–Crippen MR) is 72.8 cm³/mol. The Balaban J connectivity index is 1.94. The molecule has 4 nitrogen and oxygen atoms in total. The molecule has 20 heavy (non-hydrogen) atoms. The first-order valence-corrected chi connectivity index (χ1v) is 6.97. The van der Waals surface area contributed by atoms with Gasteiger partial charge in [-0.1, -0.05) is 6.07 Å². The van der Waals surface area contributed by atoms with Gasteiger partial charge in [-0.15, -0.1) is 0 Å². The fraction of sp³-hybridized carbons (Fsp3) is 0.533. The number of halogens is 1. The number of nitrogens with one attached hydrogen (secondary N) is 1. The molecule has 0 aliphatic heterocycles. The zero-order valence-electron chi connectivity index (χ0n) is 11.6. The van der Waals surface area contributed by atoms with E-state index in [1.807, 2.05) is 0 Å². The number of ether oxygens (including phenoxy) is 1. The van der Waals surface area contributed by atoms with E-state index in [0.717, 1.165) is 12.8 Å². The highest BCUT2D eigenvalue weighted by Crippen LogP contribution is 2.29. The van der Waals surface area contributed by atoms with Gasteiger partial charge < -0.3 is 15.2 Å². The van der Waals surface area contributed by atoms with Crippen LogP contribution in [-0.4, -0.2) is 23.2 Å². The van der Waals surface area contributed by atoms with E-state index < -0.39 is 11.4 Å². The van der Waals surface area contributed by atoms with Crippen molar-refractivity contribution in [2.75, 3.05) is 6.61 Å². The van der Waals surface area contributed by atoms with E-state index in [2.05, 4.69) is 5.32 Å². The molecule has 1 fully saturated rings. The summed E-state index contributed by atoms with van der Waals surface area (Å²) in [5.74, 6) is -0.612. The molecule has 1 aliphatic carbocycles. The topological polar surface area (TPSA) is 58.6 Å². The molecule has 0 bridgehead atoms. The number of hydrogen-bond acceptors (Lipinski definition) is 3. The Morgan fingerprint density at radius 2 is 2.15 bits per heavy atom. The lowest BCUT2D eigenvalue weighted by atomic mass is 10.0. The lowest BCUT2D eigenvalue weighted by Crippen LogP contribution is -2.44. The summed E-state index contributed by atoms with van der Waals surface area (Å²) in [6, 6.07) is 4.58. The molecule has 0 atom stereocenters. The molecule has 1 amide bonds. The Morgan fingerprint density at radius 1 is 1.45 bits per heavy atom. The summed E-state index contributed by atoms with van der Waals surface area (Å²) in [7, 11) is 0. The third kappa shape index (κ3) is 3.28. The Morgan fingerprint density at radius 3 is 2.75 bits per heavy atom. The van der Waals surface area contributed by atoms with E-state index in [-0.39, 0.29) is 18.2 Å². The minimum Gasteiger partial charge on any atom is -0.491 e. The second-order valence-electron chi connectivity index (χ2n) is 5.12. The summed E-state index contributed by atoms with van der Waals surface area (Å²) in [5, 5.41) is 12.8. The Hall–Kier alpha value is -1.62. The summed E-state index contributed by atoms with van der Waals surface area (Å²) in [4.78, 5) is 11.9. The van der Waals surface area contributed by atoms with Gasteiger partial charge in [0.05, 0.1) is 6.61 Å². The lowest BCUT2D eigenvalue weighted by Gasteiger charge is -2.21. The van der Waals surface area contributed by atoms with Gasteiger partial charge in [-0.25, -0.2) is 4.39 Å². The Kier molecular flexibility index (Phi) is 4.60. The van der Waals surface area contributed by atoms with Crippen LogP contribution in [0, 0.1) is 5.82 Å².